The maximum atomic E-state index is 12.5. The Morgan fingerprint density at radius 3 is 2.68 bits per heavy atom. The summed E-state index contributed by atoms with van der Waals surface area (Å²) in [7, 11) is 0. The molecule has 0 saturated heterocycles. The van der Waals surface area contributed by atoms with E-state index in [-0.39, 0.29) is 17.4 Å². The molecule has 0 radical (unpaired) electrons. The molecule has 0 saturated carbocycles. The van der Waals surface area contributed by atoms with Gasteiger partial charge in [0.15, 0.2) is 0 Å². The number of rotatable bonds is 3. The molecule has 1 aromatic heterocycles. The predicted octanol–water partition coefficient (Wildman–Crippen LogP) is 2.91. The van der Waals surface area contributed by atoms with Gasteiger partial charge in [0.05, 0.1) is 5.56 Å². The Labute approximate surface area is 136 Å². The molecule has 2 rings (SSSR count). The Bertz CT molecular complexity index is 572. The Kier molecular flexibility index (Phi) is 4.95. The van der Waals surface area contributed by atoms with Crippen molar-refractivity contribution in [2.24, 2.45) is 5.92 Å². The van der Waals surface area contributed by atoms with E-state index in [0.717, 1.165) is 24.8 Å². The third kappa shape index (κ3) is 4.09. The lowest BCUT2D eigenvalue weighted by Crippen LogP contribution is -2.50. The van der Waals surface area contributed by atoms with E-state index in [1.807, 2.05) is 26.2 Å². The fraction of sp³-hybridized carbons (Fsp3) is 0.647. The molecule has 5 heteroatoms. The molecule has 122 valence electrons. The molecule has 0 fully saturated rings. The lowest BCUT2D eigenvalue weighted by Gasteiger charge is -2.24. The van der Waals surface area contributed by atoms with Gasteiger partial charge < -0.3 is 10.6 Å². The first-order chi connectivity index (χ1) is 10.2. The topological polar surface area (TPSA) is 58.2 Å². The molecule has 22 heavy (non-hydrogen) atoms. The van der Waals surface area contributed by atoms with E-state index in [1.165, 1.54) is 10.4 Å². The van der Waals surface area contributed by atoms with E-state index in [9.17, 15) is 9.59 Å². The Balaban J connectivity index is 2.02. The molecule has 0 aromatic carbocycles. The van der Waals surface area contributed by atoms with E-state index in [2.05, 4.69) is 17.6 Å². The molecule has 0 bridgehead atoms. The maximum Gasteiger partial charge on any atom is 0.253 e. The summed E-state index contributed by atoms with van der Waals surface area (Å²) in [6.45, 7) is 9.75. The third-order valence-corrected chi connectivity index (χ3v) is 4.94. The molecular formula is C17H26N2O2S. The minimum absolute atomic E-state index is 0.136. The van der Waals surface area contributed by atoms with Crippen LogP contribution in [0.25, 0.3) is 0 Å². The normalized spacial score (nSPS) is 19.2. The van der Waals surface area contributed by atoms with Crippen LogP contribution in [0.5, 0.6) is 0 Å². The van der Waals surface area contributed by atoms with Gasteiger partial charge in [-0.15, -0.1) is 11.3 Å². The minimum atomic E-state index is -0.537. The van der Waals surface area contributed by atoms with Gasteiger partial charge in [0.2, 0.25) is 5.91 Å². The average Bonchev–Trinajstić information content (AvgIpc) is 2.79. The molecule has 4 nitrogen and oxygen atoms in total. The second-order valence-electron chi connectivity index (χ2n) is 7.33. The summed E-state index contributed by atoms with van der Waals surface area (Å²) in [4.78, 5) is 25.9. The van der Waals surface area contributed by atoms with Gasteiger partial charge in [-0.1, -0.05) is 6.92 Å². The van der Waals surface area contributed by atoms with Crippen molar-refractivity contribution in [3.05, 3.63) is 21.4 Å². The minimum Gasteiger partial charge on any atom is -0.350 e. The smallest absolute Gasteiger partial charge is 0.253 e. The first kappa shape index (κ1) is 17.0. The molecule has 0 aliphatic heterocycles. The van der Waals surface area contributed by atoms with Crippen LogP contribution < -0.4 is 10.6 Å². The average molecular weight is 322 g/mol. The number of carbonyl (C=O) groups excluding carboxylic acids is 2. The second kappa shape index (κ2) is 6.41. The van der Waals surface area contributed by atoms with Crippen molar-refractivity contribution in [3.8, 4) is 0 Å². The summed E-state index contributed by atoms with van der Waals surface area (Å²) in [5, 5.41) is 7.65. The van der Waals surface area contributed by atoms with Gasteiger partial charge >= 0.3 is 0 Å². The van der Waals surface area contributed by atoms with Crippen molar-refractivity contribution in [2.75, 3.05) is 0 Å². The van der Waals surface area contributed by atoms with Gasteiger partial charge in [-0.05, 0) is 58.4 Å². The molecule has 2 atom stereocenters. The standard InChI is InChI=1S/C17H26N2O2S/c1-10-6-7-12-13(9-22-14(12)8-10)16(21)18-11(2)15(20)19-17(3,4)5/h9-11H,6-8H2,1-5H3,(H,18,21)(H,19,20). The largest absolute Gasteiger partial charge is 0.350 e. The van der Waals surface area contributed by atoms with Crippen molar-refractivity contribution in [1.82, 2.24) is 10.6 Å². The Morgan fingerprint density at radius 2 is 2.05 bits per heavy atom. The van der Waals surface area contributed by atoms with Gasteiger partial charge in [-0.3, -0.25) is 9.59 Å². The highest BCUT2D eigenvalue weighted by atomic mass is 32.1. The molecule has 1 aromatic rings. The second-order valence-corrected chi connectivity index (χ2v) is 8.30. The summed E-state index contributed by atoms with van der Waals surface area (Å²) in [5.74, 6) is 0.403. The van der Waals surface area contributed by atoms with E-state index in [4.69, 9.17) is 0 Å². The zero-order chi connectivity index (χ0) is 16.5. The summed E-state index contributed by atoms with van der Waals surface area (Å²) in [6, 6.07) is -0.537. The van der Waals surface area contributed by atoms with E-state index < -0.39 is 6.04 Å². The summed E-state index contributed by atoms with van der Waals surface area (Å²) >= 11 is 1.67. The fourth-order valence-corrected chi connectivity index (χ4v) is 3.93. The number of nitrogens with one attached hydrogen (secondary N) is 2. The lowest BCUT2D eigenvalue weighted by atomic mass is 9.88. The van der Waals surface area contributed by atoms with Gasteiger partial charge in [0.1, 0.15) is 6.04 Å². The van der Waals surface area contributed by atoms with Crippen LogP contribution in [0, 0.1) is 5.92 Å². The number of carbonyl (C=O) groups is 2. The van der Waals surface area contributed by atoms with Crippen LogP contribution in [0.2, 0.25) is 0 Å². The van der Waals surface area contributed by atoms with Crippen molar-refractivity contribution in [3.63, 3.8) is 0 Å². The highest BCUT2D eigenvalue weighted by Crippen LogP contribution is 2.32. The molecule has 0 spiro atoms. The van der Waals surface area contributed by atoms with Gasteiger partial charge in [-0.2, -0.15) is 0 Å². The van der Waals surface area contributed by atoms with E-state index >= 15 is 0 Å². The van der Waals surface area contributed by atoms with Crippen LogP contribution in [0.15, 0.2) is 5.38 Å². The first-order valence-corrected chi connectivity index (χ1v) is 8.77. The number of hydrogen-bond donors (Lipinski definition) is 2. The highest BCUT2D eigenvalue weighted by molar-refractivity contribution is 7.10. The van der Waals surface area contributed by atoms with Crippen molar-refractivity contribution < 1.29 is 9.59 Å². The molecule has 2 N–H and O–H groups in total. The maximum absolute atomic E-state index is 12.5. The van der Waals surface area contributed by atoms with Crippen LogP contribution in [0.4, 0.5) is 0 Å². The van der Waals surface area contributed by atoms with Crippen LogP contribution in [0.1, 0.15) is 61.8 Å². The lowest BCUT2D eigenvalue weighted by molar-refractivity contribution is -0.124. The number of thiophene rings is 1. The number of hydrogen-bond acceptors (Lipinski definition) is 3. The summed E-state index contributed by atoms with van der Waals surface area (Å²) < 4.78 is 0. The summed E-state index contributed by atoms with van der Waals surface area (Å²) in [5.41, 5.74) is 1.64. The fourth-order valence-electron chi connectivity index (χ4n) is 2.69. The van der Waals surface area contributed by atoms with Crippen LogP contribution in [-0.2, 0) is 17.6 Å². The molecule has 1 aliphatic rings. The van der Waals surface area contributed by atoms with Crippen LogP contribution in [-0.4, -0.2) is 23.4 Å². The zero-order valence-corrected chi connectivity index (χ0v) is 14.9. The van der Waals surface area contributed by atoms with Gasteiger partial charge in [-0.25, -0.2) is 0 Å². The third-order valence-electron chi connectivity index (χ3n) is 3.89. The monoisotopic (exact) mass is 322 g/mol. The molecule has 2 unspecified atom stereocenters. The first-order valence-electron chi connectivity index (χ1n) is 7.89. The van der Waals surface area contributed by atoms with Gasteiger partial charge in [0, 0.05) is 15.8 Å². The van der Waals surface area contributed by atoms with Crippen molar-refractivity contribution >= 4 is 23.2 Å². The SMILES string of the molecule is CC1CCc2c(C(=O)NC(C)C(=O)NC(C)(C)C)csc2C1. The molecule has 1 aliphatic carbocycles. The van der Waals surface area contributed by atoms with E-state index in [1.54, 1.807) is 18.3 Å². The molecule has 1 heterocycles. The molecular weight excluding hydrogens is 296 g/mol. The zero-order valence-electron chi connectivity index (χ0n) is 14.1. The quantitative estimate of drug-likeness (QED) is 0.899. The Hall–Kier alpha value is -1.36. The summed E-state index contributed by atoms with van der Waals surface area (Å²) in [6.07, 6.45) is 3.16. The van der Waals surface area contributed by atoms with Crippen LogP contribution >= 0.6 is 11.3 Å². The van der Waals surface area contributed by atoms with Gasteiger partial charge in [0.25, 0.3) is 5.91 Å². The highest BCUT2D eigenvalue weighted by Gasteiger charge is 2.26. The molecule has 2 amide bonds. The van der Waals surface area contributed by atoms with Crippen molar-refractivity contribution in [1.29, 1.82) is 0 Å². The predicted molar refractivity (Wildman–Crippen MR) is 90.3 cm³/mol. The number of amides is 2. The van der Waals surface area contributed by atoms with E-state index in [0.29, 0.717) is 5.92 Å². The number of fused-ring (bicyclic) bond motifs is 1. The Morgan fingerprint density at radius 1 is 1.36 bits per heavy atom. The van der Waals surface area contributed by atoms with Crippen molar-refractivity contribution in [2.45, 2.75) is 65.5 Å². The van der Waals surface area contributed by atoms with Crippen LogP contribution in [0.3, 0.4) is 0 Å².